The van der Waals surface area contributed by atoms with E-state index in [1.165, 1.54) is 11.6 Å². The molecule has 3 nitrogen and oxygen atoms in total. The van der Waals surface area contributed by atoms with Gasteiger partial charge < -0.3 is 4.74 Å². The molecule has 1 saturated heterocycles. The predicted molar refractivity (Wildman–Crippen MR) is 99.7 cm³/mol. The Morgan fingerprint density at radius 3 is 2.35 bits per heavy atom. The summed E-state index contributed by atoms with van der Waals surface area (Å²) in [4.78, 5) is 2.35. The van der Waals surface area contributed by atoms with Crippen LogP contribution in [0.1, 0.15) is 22.3 Å². The molecule has 1 fully saturated rings. The largest absolute Gasteiger partial charge is 0.379 e. The standard InChI is InChI=1S/C22H19FN2O/c23-22(15-19-3-5-20(16-24)6-4-19)10-9-18-1-7-21(8-2-18)17-25-11-13-26-14-12-25/h1-8,15H,11-14,17H2/b22-15-. The summed E-state index contributed by atoms with van der Waals surface area (Å²) >= 11 is 0. The first-order valence-electron chi connectivity index (χ1n) is 8.51. The highest BCUT2D eigenvalue weighted by Gasteiger charge is 2.10. The third kappa shape index (κ3) is 5.29. The van der Waals surface area contributed by atoms with Crippen molar-refractivity contribution >= 4 is 6.08 Å². The van der Waals surface area contributed by atoms with Gasteiger partial charge in [-0.15, -0.1) is 0 Å². The molecule has 0 atom stereocenters. The van der Waals surface area contributed by atoms with Crippen molar-refractivity contribution in [3.05, 3.63) is 76.6 Å². The third-order valence-electron chi connectivity index (χ3n) is 4.12. The highest BCUT2D eigenvalue weighted by atomic mass is 19.1. The van der Waals surface area contributed by atoms with Crippen molar-refractivity contribution in [2.24, 2.45) is 0 Å². The van der Waals surface area contributed by atoms with Crippen LogP contribution in [0.3, 0.4) is 0 Å². The summed E-state index contributed by atoms with van der Waals surface area (Å²) in [6, 6.07) is 16.6. The Morgan fingerprint density at radius 2 is 1.69 bits per heavy atom. The van der Waals surface area contributed by atoms with Gasteiger partial charge >= 0.3 is 0 Å². The van der Waals surface area contributed by atoms with Gasteiger partial charge in [0.2, 0.25) is 0 Å². The van der Waals surface area contributed by atoms with E-state index in [0.717, 1.165) is 38.4 Å². The smallest absolute Gasteiger partial charge is 0.174 e. The van der Waals surface area contributed by atoms with Crippen LogP contribution in [0.4, 0.5) is 4.39 Å². The molecule has 3 rings (SSSR count). The number of rotatable bonds is 3. The fraction of sp³-hybridized carbons (Fsp3) is 0.227. The molecule has 2 aromatic carbocycles. The number of hydrogen-bond donors (Lipinski definition) is 0. The van der Waals surface area contributed by atoms with Crippen LogP contribution < -0.4 is 0 Å². The molecule has 2 aromatic rings. The van der Waals surface area contributed by atoms with E-state index >= 15 is 0 Å². The summed E-state index contributed by atoms with van der Waals surface area (Å²) in [7, 11) is 0. The van der Waals surface area contributed by atoms with E-state index in [2.05, 4.69) is 16.7 Å². The van der Waals surface area contributed by atoms with Crippen LogP contribution in [0.5, 0.6) is 0 Å². The normalized spacial score (nSPS) is 15.0. The summed E-state index contributed by atoms with van der Waals surface area (Å²) in [5, 5.41) is 8.76. The second-order valence-electron chi connectivity index (χ2n) is 6.06. The Bertz CT molecular complexity index is 862. The maximum atomic E-state index is 13.9. The summed E-state index contributed by atoms with van der Waals surface area (Å²) in [5.41, 5.74) is 3.22. The van der Waals surface area contributed by atoms with Crippen molar-refractivity contribution in [3.63, 3.8) is 0 Å². The topological polar surface area (TPSA) is 36.3 Å². The van der Waals surface area contributed by atoms with Crippen LogP contribution in [-0.2, 0) is 11.3 Å². The molecule has 1 heterocycles. The van der Waals surface area contributed by atoms with Crippen molar-refractivity contribution < 1.29 is 9.13 Å². The maximum absolute atomic E-state index is 13.9. The minimum absolute atomic E-state index is 0.507. The summed E-state index contributed by atoms with van der Waals surface area (Å²) in [5.74, 6) is 4.86. The maximum Gasteiger partial charge on any atom is 0.174 e. The van der Waals surface area contributed by atoms with Crippen LogP contribution in [0.25, 0.3) is 6.08 Å². The average molecular weight is 346 g/mol. The fourth-order valence-corrected chi connectivity index (χ4v) is 2.68. The SMILES string of the molecule is N#Cc1ccc(/C=C(\F)C#Cc2ccc(CN3CCOCC3)cc2)cc1. The Balaban J connectivity index is 1.61. The first kappa shape index (κ1) is 17.9. The number of morpholine rings is 1. The van der Waals surface area contributed by atoms with Crippen molar-refractivity contribution in [2.75, 3.05) is 26.3 Å². The molecule has 0 bridgehead atoms. The zero-order valence-corrected chi connectivity index (χ0v) is 14.4. The molecule has 0 aliphatic carbocycles. The number of halogens is 1. The van der Waals surface area contributed by atoms with E-state index in [1.807, 2.05) is 30.3 Å². The minimum atomic E-state index is -0.507. The molecule has 26 heavy (non-hydrogen) atoms. The highest BCUT2D eigenvalue weighted by molar-refractivity contribution is 5.57. The van der Waals surface area contributed by atoms with Gasteiger partial charge in [0.25, 0.3) is 0 Å². The molecule has 1 aliphatic rings. The Labute approximate surface area is 153 Å². The van der Waals surface area contributed by atoms with Gasteiger partial charge in [0.1, 0.15) is 0 Å². The molecule has 0 unspecified atom stereocenters. The third-order valence-corrected chi connectivity index (χ3v) is 4.12. The molecule has 0 spiro atoms. The molecule has 0 amide bonds. The molecule has 1 aliphatic heterocycles. The van der Waals surface area contributed by atoms with Gasteiger partial charge in [-0.3, -0.25) is 4.90 Å². The van der Waals surface area contributed by atoms with Crippen LogP contribution in [0.2, 0.25) is 0 Å². The van der Waals surface area contributed by atoms with Gasteiger partial charge in [0.15, 0.2) is 5.83 Å². The number of nitriles is 1. The number of hydrogen-bond acceptors (Lipinski definition) is 3. The van der Waals surface area contributed by atoms with Crippen molar-refractivity contribution in [2.45, 2.75) is 6.54 Å². The summed E-state index contributed by atoms with van der Waals surface area (Å²) in [6.07, 6.45) is 1.36. The minimum Gasteiger partial charge on any atom is -0.379 e. The molecule has 0 saturated carbocycles. The number of ether oxygens (including phenoxy) is 1. The lowest BCUT2D eigenvalue weighted by atomic mass is 10.1. The molecule has 0 N–H and O–H groups in total. The molecule has 130 valence electrons. The van der Waals surface area contributed by atoms with Gasteiger partial charge in [-0.2, -0.15) is 9.65 Å². The monoisotopic (exact) mass is 346 g/mol. The van der Waals surface area contributed by atoms with Crippen molar-refractivity contribution in [1.82, 2.24) is 4.90 Å². The van der Waals surface area contributed by atoms with Gasteiger partial charge in [-0.05, 0) is 47.4 Å². The van der Waals surface area contributed by atoms with E-state index in [1.54, 1.807) is 24.3 Å². The van der Waals surface area contributed by atoms with Crippen molar-refractivity contribution in [3.8, 4) is 17.9 Å². The average Bonchev–Trinajstić information content (AvgIpc) is 2.69. The fourth-order valence-electron chi connectivity index (χ4n) is 2.68. The van der Waals surface area contributed by atoms with Crippen LogP contribution in [-0.4, -0.2) is 31.2 Å². The van der Waals surface area contributed by atoms with E-state index in [9.17, 15) is 4.39 Å². The summed E-state index contributed by atoms with van der Waals surface area (Å²) < 4.78 is 19.3. The lowest BCUT2D eigenvalue weighted by molar-refractivity contribution is 0.0342. The zero-order chi connectivity index (χ0) is 18.2. The number of benzene rings is 2. The quantitative estimate of drug-likeness (QED) is 0.794. The van der Waals surface area contributed by atoms with Gasteiger partial charge in [0.05, 0.1) is 24.8 Å². The summed E-state index contributed by atoms with van der Waals surface area (Å²) in [6.45, 7) is 4.37. The molecule has 0 aromatic heterocycles. The number of nitrogens with zero attached hydrogens (tertiary/aromatic N) is 2. The second-order valence-corrected chi connectivity index (χ2v) is 6.06. The molecule has 4 heteroatoms. The Kier molecular flexibility index (Phi) is 6.17. The lowest BCUT2D eigenvalue weighted by Gasteiger charge is -2.26. The molecular formula is C22H19FN2O. The molecule has 0 radical (unpaired) electrons. The Hall–Kier alpha value is -2.92. The van der Waals surface area contributed by atoms with Crippen LogP contribution >= 0.6 is 0 Å². The van der Waals surface area contributed by atoms with E-state index in [4.69, 9.17) is 10.00 Å². The first-order valence-corrected chi connectivity index (χ1v) is 8.51. The number of allylic oxidation sites excluding steroid dienone is 1. The zero-order valence-electron chi connectivity index (χ0n) is 14.4. The van der Waals surface area contributed by atoms with E-state index in [-0.39, 0.29) is 0 Å². The highest BCUT2D eigenvalue weighted by Crippen LogP contribution is 2.11. The van der Waals surface area contributed by atoms with Crippen LogP contribution in [0, 0.1) is 23.2 Å². The van der Waals surface area contributed by atoms with Crippen LogP contribution in [0.15, 0.2) is 54.4 Å². The second kappa shape index (κ2) is 8.97. The van der Waals surface area contributed by atoms with E-state index in [0.29, 0.717) is 11.1 Å². The van der Waals surface area contributed by atoms with Gasteiger partial charge in [-0.1, -0.05) is 30.2 Å². The van der Waals surface area contributed by atoms with Crippen molar-refractivity contribution in [1.29, 1.82) is 5.26 Å². The van der Waals surface area contributed by atoms with E-state index < -0.39 is 5.83 Å². The lowest BCUT2D eigenvalue weighted by Crippen LogP contribution is -2.35. The first-order chi connectivity index (χ1) is 12.7. The predicted octanol–water partition coefficient (Wildman–Crippen LogP) is 3.75. The van der Waals surface area contributed by atoms with Gasteiger partial charge in [-0.25, -0.2) is 0 Å². The molecular weight excluding hydrogens is 327 g/mol. The van der Waals surface area contributed by atoms with Gasteiger partial charge in [0, 0.05) is 25.2 Å². The Morgan fingerprint density at radius 1 is 1.04 bits per heavy atom.